The van der Waals surface area contributed by atoms with E-state index in [9.17, 15) is 9.59 Å². The number of hydrogen-bond donors (Lipinski definition) is 0. The monoisotopic (exact) mass is 334 g/mol. The Balaban J connectivity index is 1.99. The fourth-order valence-corrected chi connectivity index (χ4v) is 2.70. The third-order valence-corrected chi connectivity index (χ3v) is 3.84. The minimum absolute atomic E-state index is 0.613. The lowest BCUT2D eigenvalue weighted by atomic mass is 9.85. The Morgan fingerprint density at radius 2 is 1.40 bits per heavy atom. The summed E-state index contributed by atoms with van der Waals surface area (Å²) in [6.07, 6.45) is 0. The molecule has 2 aromatic rings. The normalized spacial score (nSPS) is 17.7. The fourth-order valence-electron chi connectivity index (χ4n) is 2.70. The first-order valence-corrected chi connectivity index (χ1v) is 8.03. The van der Waals surface area contributed by atoms with Crippen LogP contribution in [-0.2, 0) is 19.1 Å². The molecular weight excluding hydrogens is 316 g/mol. The third kappa shape index (κ3) is 3.89. The second-order valence-electron chi connectivity index (χ2n) is 6.24. The van der Waals surface area contributed by atoms with Gasteiger partial charge in [0.1, 0.15) is 0 Å². The number of rotatable bonds is 2. The maximum absolute atomic E-state index is 12.5. The fraction of sp³-hybridized carbons (Fsp3) is 0.238. The van der Waals surface area contributed by atoms with E-state index in [0.29, 0.717) is 0 Å². The van der Waals surface area contributed by atoms with Gasteiger partial charge in [0.25, 0.3) is 5.79 Å². The van der Waals surface area contributed by atoms with Crippen LogP contribution >= 0.6 is 0 Å². The Labute approximate surface area is 146 Å². The van der Waals surface area contributed by atoms with Crippen LogP contribution in [0.2, 0.25) is 0 Å². The first kappa shape index (κ1) is 16.8. The Bertz CT molecular complexity index is 808. The quantitative estimate of drug-likeness (QED) is 0.480. The summed E-state index contributed by atoms with van der Waals surface area (Å²) >= 11 is 0. The number of cyclic esters (lactones) is 2. The minimum atomic E-state index is -1.25. The molecule has 3 rings (SSSR count). The first-order chi connectivity index (χ1) is 12.0. The Hall–Kier alpha value is -3.06. The lowest BCUT2D eigenvalue weighted by Crippen LogP contribution is -2.48. The van der Waals surface area contributed by atoms with E-state index in [-0.39, 0.29) is 0 Å². The van der Waals surface area contributed by atoms with Gasteiger partial charge in [-0.2, -0.15) is 0 Å². The molecule has 0 radical (unpaired) electrons. The molecule has 0 amide bonds. The molecular formula is C21H18O4. The van der Waals surface area contributed by atoms with E-state index < -0.39 is 29.6 Å². The second kappa shape index (κ2) is 6.82. The van der Waals surface area contributed by atoms with Crippen LogP contribution in [0.3, 0.4) is 0 Å². The van der Waals surface area contributed by atoms with Crippen LogP contribution in [0, 0.1) is 17.8 Å². The highest BCUT2D eigenvalue weighted by Gasteiger charge is 2.47. The van der Waals surface area contributed by atoms with Gasteiger partial charge in [-0.05, 0) is 17.7 Å². The van der Waals surface area contributed by atoms with Crippen molar-refractivity contribution >= 4 is 11.9 Å². The number of esters is 2. The highest BCUT2D eigenvalue weighted by atomic mass is 16.7. The molecule has 0 bridgehead atoms. The molecule has 2 aromatic carbocycles. The summed E-state index contributed by atoms with van der Waals surface area (Å²) in [5, 5.41) is 0. The first-order valence-electron chi connectivity index (χ1n) is 8.03. The summed E-state index contributed by atoms with van der Waals surface area (Å²) in [5.41, 5.74) is 1.57. The van der Waals surface area contributed by atoms with E-state index in [1.165, 1.54) is 13.8 Å². The Morgan fingerprint density at radius 3 is 1.96 bits per heavy atom. The van der Waals surface area contributed by atoms with Gasteiger partial charge in [-0.15, -0.1) is 0 Å². The SMILES string of the molecule is CC1(C)OC(=O)C([C@H](C#Cc2ccccc2)c2ccccc2)C(=O)O1. The molecule has 1 saturated heterocycles. The third-order valence-electron chi connectivity index (χ3n) is 3.84. The van der Waals surface area contributed by atoms with Crippen molar-refractivity contribution in [2.45, 2.75) is 25.6 Å². The largest absolute Gasteiger partial charge is 0.422 e. The van der Waals surface area contributed by atoms with E-state index >= 15 is 0 Å². The number of hydrogen-bond acceptors (Lipinski definition) is 4. The molecule has 4 nitrogen and oxygen atoms in total. The summed E-state index contributed by atoms with van der Waals surface area (Å²) in [4.78, 5) is 24.9. The lowest BCUT2D eigenvalue weighted by Gasteiger charge is -2.34. The van der Waals surface area contributed by atoms with Crippen molar-refractivity contribution in [3.8, 4) is 11.8 Å². The van der Waals surface area contributed by atoms with Crippen molar-refractivity contribution < 1.29 is 19.1 Å². The molecule has 126 valence electrons. The van der Waals surface area contributed by atoms with Crippen LogP contribution < -0.4 is 0 Å². The van der Waals surface area contributed by atoms with E-state index in [0.717, 1.165) is 11.1 Å². The number of benzene rings is 2. The molecule has 0 aromatic heterocycles. The average Bonchev–Trinajstić information content (AvgIpc) is 2.58. The molecule has 1 heterocycles. The van der Waals surface area contributed by atoms with Gasteiger partial charge in [0.05, 0.1) is 5.92 Å². The summed E-state index contributed by atoms with van der Waals surface area (Å²) in [7, 11) is 0. The molecule has 1 aliphatic heterocycles. The highest BCUT2D eigenvalue weighted by molar-refractivity contribution is 5.98. The molecule has 25 heavy (non-hydrogen) atoms. The van der Waals surface area contributed by atoms with Crippen molar-refractivity contribution in [1.82, 2.24) is 0 Å². The number of carbonyl (C=O) groups excluding carboxylic acids is 2. The van der Waals surface area contributed by atoms with Gasteiger partial charge in [0.2, 0.25) is 0 Å². The predicted octanol–water partition coefficient (Wildman–Crippen LogP) is 3.27. The molecule has 1 aliphatic rings. The van der Waals surface area contributed by atoms with Crippen molar-refractivity contribution in [2.24, 2.45) is 5.92 Å². The Morgan fingerprint density at radius 1 is 0.880 bits per heavy atom. The zero-order chi connectivity index (χ0) is 17.9. The van der Waals surface area contributed by atoms with Gasteiger partial charge in [-0.1, -0.05) is 60.4 Å². The van der Waals surface area contributed by atoms with Crippen LogP contribution in [0.5, 0.6) is 0 Å². The van der Waals surface area contributed by atoms with E-state index in [4.69, 9.17) is 9.47 Å². The summed E-state index contributed by atoms with van der Waals surface area (Å²) in [6.45, 7) is 3.07. The van der Waals surface area contributed by atoms with E-state index in [1.807, 2.05) is 60.7 Å². The highest BCUT2D eigenvalue weighted by Crippen LogP contribution is 2.33. The van der Waals surface area contributed by atoms with Crippen LogP contribution in [-0.4, -0.2) is 17.7 Å². The van der Waals surface area contributed by atoms with Gasteiger partial charge in [0.15, 0.2) is 5.92 Å². The zero-order valence-electron chi connectivity index (χ0n) is 14.1. The predicted molar refractivity (Wildman–Crippen MR) is 92.3 cm³/mol. The average molecular weight is 334 g/mol. The summed E-state index contributed by atoms with van der Waals surface area (Å²) in [6, 6.07) is 18.6. The molecule has 0 unspecified atom stereocenters. The standard InChI is InChI=1S/C21H18O4/c1-21(2)24-19(22)18(20(23)25-21)17(16-11-7-4-8-12-16)14-13-15-9-5-3-6-10-15/h3-12,17-18H,1-2H3/t17-/m1/s1. The van der Waals surface area contributed by atoms with Gasteiger partial charge in [0, 0.05) is 19.4 Å². The number of ether oxygens (including phenoxy) is 2. The van der Waals surface area contributed by atoms with Gasteiger partial charge < -0.3 is 9.47 Å². The molecule has 0 N–H and O–H groups in total. The summed E-state index contributed by atoms with van der Waals surface area (Å²) in [5.74, 6) is 1.87. The van der Waals surface area contributed by atoms with Crippen LogP contribution in [0.1, 0.15) is 30.9 Å². The van der Waals surface area contributed by atoms with Crippen molar-refractivity contribution in [3.63, 3.8) is 0 Å². The maximum atomic E-state index is 12.5. The van der Waals surface area contributed by atoms with Gasteiger partial charge in [-0.3, -0.25) is 9.59 Å². The van der Waals surface area contributed by atoms with E-state index in [1.54, 1.807) is 0 Å². The van der Waals surface area contributed by atoms with E-state index in [2.05, 4.69) is 11.8 Å². The van der Waals surface area contributed by atoms with Crippen LogP contribution in [0.25, 0.3) is 0 Å². The molecule has 1 atom stereocenters. The molecule has 1 fully saturated rings. The zero-order valence-corrected chi connectivity index (χ0v) is 14.1. The van der Waals surface area contributed by atoms with Gasteiger partial charge in [-0.25, -0.2) is 0 Å². The molecule has 0 aliphatic carbocycles. The van der Waals surface area contributed by atoms with Crippen molar-refractivity contribution in [3.05, 3.63) is 71.8 Å². The van der Waals surface area contributed by atoms with Crippen LogP contribution in [0.4, 0.5) is 0 Å². The lowest BCUT2D eigenvalue weighted by molar-refractivity contribution is -0.240. The Kier molecular flexibility index (Phi) is 4.58. The summed E-state index contributed by atoms with van der Waals surface area (Å²) < 4.78 is 10.5. The van der Waals surface area contributed by atoms with Gasteiger partial charge >= 0.3 is 11.9 Å². The molecule has 0 spiro atoms. The molecule has 4 heteroatoms. The molecule has 0 saturated carbocycles. The van der Waals surface area contributed by atoms with Crippen molar-refractivity contribution in [2.75, 3.05) is 0 Å². The second-order valence-corrected chi connectivity index (χ2v) is 6.24. The maximum Gasteiger partial charge on any atom is 0.325 e. The topological polar surface area (TPSA) is 52.6 Å². The number of carbonyl (C=O) groups is 2. The van der Waals surface area contributed by atoms with Crippen LogP contribution in [0.15, 0.2) is 60.7 Å². The smallest absolute Gasteiger partial charge is 0.325 e. The minimum Gasteiger partial charge on any atom is -0.422 e. The van der Waals surface area contributed by atoms with Crippen molar-refractivity contribution in [1.29, 1.82) is 0 Å².